The molecular formula is C14H20FN3O. The quantitative estimate of drug-likeness (QED) is 0.620. The van der Waals surface area contributed by atoms with Crippen molar-refractivity contribution in [2.24, 2.45) is 0 Å². The Morgan fingerprint density at radius 3 is 2.68 bits per heavy atom. The molecule has 19 heavy (non-hydrogen) atoms. The molecule has 0 N–H and O–H groups in total. The molecule has 4 nitrogen and oxygen atoms in total. The molecular weight excluding hydrogens is 245 g/mol. The van der Waals surface area contributed by atoms with Crippen molar-refractivity contribution in [2.45, 2.75) is 38.6 Å². The van der Waals surface area contributed by atoms with E-state index in [1.165, 1.54) is 17.3 Å². The van der Waals surface area contributed by atoms with Gasteiger partial charge in [0.15, 0.2) is 5.83 Å². The number of nitrogens with zero attached hydrogens (tertiary/aromatic N) is 3. The molecule has 1 aliphatic rings. The van der Waals surface area contributed by atoms with Gasteiger partial charge in [0.05, 0.1) is 6.20 Å². The first-order chi connectivity index (χ1) is 9.00. The van der Waals surface area contributed by atoms with Gasteiger partial charge < -0.3 is 9.47 Å². The second-order valence-corrected chi connectivity index (χ2v) is 5.27. The summed E-state index contributed by atoms with van der Waals surface area (Å²) in [5, 5.41) is 0. The highest BCUT2D eigenvalue weighted by molar-refractivity contribution is 6.05. The fourth-order valence-corrected chi connectivity index (χ4v) is 2.65. The molecule has 5 heteroatoms. The number of carbonyl (C=O) groups is 1. The summed E-state index contributed by atoms with van der Waals surface area (Å²) < 4.78 is 15.7. The summed E-state index contributed by atoms with van der Waals surface area (Å²) in [6.07, 6.45) is 7.08. The number of hydrogen-bond donors (Lipinski definition) is 0. The molecule has 0 saturated heterocycles. The average Bonchev–Trinajstić information content (AvgIpc) is 2.95. The zero-order chi connectivity index (χ0) is 14.0. The van der Waals surface area contributed by atoms with Gasteiger partial charge in [-0.05, 0) is 19.8 Å². The Hall–Kier alpha value is -1.65. The van der Waals surface area contributed by atoms with Crippen molar-refractivity contribution >= 4 is 5.78 Å². The molecule has 0 radical (unpaired) electrons. The van der Waals surface area contributed by atoms with Crippen molar-refractivity contribution in [1.82, 2.24) is 14.5 Å². The lowest BCUT2D eigenvalue weighted by atomic mass is 10.2. The van der Waals surface area contributed by atoms with Gasteiger partial charge in [-0.1, -0.05) is 12.8 Å². The van der Waals surface area contributed by atoms with Crippen LogP contribution in [0.1, 0.15) is 48.0 Å². The van der Waals surface area contributed by atoms with Crippen LogP contribution in [0, 0.1) is 6.92 Å². The highest BCUT2D eigenvalue weighted by Crippen LogP contribution is 2.32. The predicted molar refractivity (Wildman–Crippen MR) is 71.7 cm³/mol. The Labute approximate surface area is 112 Å². The minimum atomic E-state index is -0.746. The van der Waals surface area contributed by atoms with Crippen LogP contribution in [0.25, 0.3) is 0 Å². The van der Waals surface area contributed by atoms with E-state index < -0.39 is 11.6 Å². The number of rotatable bonds is 4. The van der Waals surface area contributed by atoms with Crippen LogP contribution in [-0.4, -0.2) is 34.3 Å². The molecule has 0 unspecified atom stereocenters. The Balaban J connectivity index is 2.32. The monoisotopic (exact) mass is 265 g/mol. The lowest BCUT2D eigenvalue weighted by molar-refractivity contribution is 0.0990. The molecule has 0 aliphatic heterocycles. The number of carbonyl (C=O) groups excluding carboxylic acids is 1. The third kappa shape index (κ3) is 2.85. The summed E-state index contributed by atoms with van der Waals surface area (Å²) in [6.45, 7) is 1.86. The largest absolute Gasteiger partial charge is 0.381 e. The summed E-state index contributed by atoms with van der Waals surface area (Å²) in [5.41, 5.74) is 0.361. The van der Waals surface area contributed by atoms with Gasteiger partial charge in [0.25, 0.3) is 0 Å². The van der Waals surface area contributed by atoms with E-state index >= 15 is 0 Å². The van der Waals surface area contributed by atoms with E-state index in [0.717, 1.165) is 31.5 Å². The number of ketones is 1. The number of aromatic nitrogens is 2. The Morgan fingerprint density at radius 1 is 1.47 bits per heavy atom. The van der Waals surface area contributed by atoms with Crippen molar-refractivity contribution in [3.8, 4) is 0 Å². The first-order valence-electron chi connectivity index (χ1n) is 6.63. The van der Waals surface area contributed by atoms with Gasteiger partial charge in [0, 0.05) is 26.3 Å². The van der Waals surface area contributed by atoms with Crippen molar-refractivity contribution in [3.63, 3.8) is 0 Å². The second kappa shape index (κ2) is 5.55. The number of hydrogen-bond acceptors (Lipinski definition) is 3. The fraction of sp³-hybridized carbons (Fsp3) is 0.571. The van der Waals surface area contributed by atoms with E-state index in [4.69, 9.17) is 0 Å². The summed E-state index contributed by atoms with van der Waals surface area (Å²) in [4.78, 5) is 17.8. The Bertz CT molecular complexity index is 499. The molecule has 1 saturated carbocycles. The number of imidazole rings is 1. The average molecular weight is 265 g/mol. The molecule has 1 aliphatic carbocycles. The third-order valence-corrected chi connectivity index (χ3v) is 3.49. The maximum atomic E-state index is 13.8. The SMILES string of the molecule is Cc1ncc(C(=O)/C(F)=C\N(C)C)n1C1CCCC1. The minimum Gasteiger partial charge on any atom is -0.381 e. The molecule has 0 bridgehead atoms. The highest BCUT2D eigenvalue weighted by atomic mass is 19.1. The predicted octanol–water partition coefficient (Wildman–Crippen LogP) is 2.86. The molecule has 104 valence electrons. The normalized spacial score (nSPS) is 16.9. The van der Waals surface area contributed by atoms with E-state index in [2.05, 4.69) is 4.98 Å². The highest BCUT2D eigenvalue weighted by Gasteiger charge is 2.25. The second-order valence-electron chi connectivity index (χ2n) is 5.27. The van der Waals surface area contributed by atoms with Crippen LogP contribution in [0.15, 0.2) is 18.2 Å². The zero-order valence-corrected chi connectivity index (χ0v) is 11.7. The van der Waals surface area contributed by atoms with Gasteiger partial charge in [-0.3, -0.25) is 4.79 Å². The van der Waals surface area contributed by atoms with Crippen molar-refractivity contribution in [1.29, 1.82) is 0 Å². The van der Waals surface area contributed by atoms with Gasteiger partial charge in [-0.15, -0.1) is 0 Å². The minimum absolute atomic E-state index is 0.286. The van der Waals surface area contributed by atoms with Crippen molar-refractivity contribution < 1.29 is 9.18 Å². The van der Waals surface area contributed by atoms with Gasteiger partial charge in [0.2, 0.25) is 5.78 Å². The molecule has 1 aromatic heterocycles. The van der Waals surface area contributed by atoms with Gasteiger partial charge in [0.1, 0.15) is 11.5 Å². The van der Waals surface area contributed by atoms with Crippen LogP contribution in [0.5, 0.6) is 0 Å². The van der Waals surface area contributed by atoms with Crippen LogP contribution in [0.4, 0.5) is 4.39 Å². The summed E-state index contributed by atoms with van der Waals surface area (Å²) in [7, 11) is 3.37. The number of halogens is 1. The molecule has 1 aromatic rings. The maximum Gasteiger partial charge on any atom is 0.240 e. The zero-order valence-electron chi connectivity index (χ0n) is 11.7. The van der Waals surface area contributed by atoms with Crippen LogP contribution >= 0.6 is 0 Å². The van der Waals surface area contributed by atoms with Crippen LogP contribution < -0.4 is 0 Å². The fourth-order valence-electron chi connectivity index (χ4n) is 2.65. The lowest BCUT2D eigenvalue weighted by Gasteiger charge is -2.16. The maximum absolute atomic E-state index is 13.8. The van der Waals surface area contributed by atoms with Crippen LogP contribution in [0.3, 0.4) is 0 Å². The van der Waals surface area contributed by atoms with E-state index in [0.29, 0.717) is 5.69 Å². The standard InChI is InChI=1S/C14H20FN3O/c1-10-16-8-13(14(19)12(15)9-17(2)3)18(10)11-6-4-5-7-11/h8-9,11H,4-7H2,1-3H3/b12-9+. The van der Waals surface area contributed by atoms with Crippen LogP contribution in [0.2, 0.25) is 0 Å². The number of aryl methyl sites for hydroxylation is 1. The molecule has 0 amide bonds. The van der Waals surface area contributed by atoms with Crippen molar-refractivity contribution in [3.05, 3.63) is 29.7 Å². The molecule has 0 spiro atoms. The molecule has 2 rings (SSSR count). The van der Waals surface area contributed by atoms with E-state index in [9.17, 15) is 9.18 Å². The first kappa shape index (κ1) is 13.8. The Morgan fingerprint density at radius 2 is 2.11 bits per heavy atom. The van der Waals surface area contributed by atoms with Crippen LogP contribution in [-0.2, 0) is 0 Å². The third-order valence-electron chi connectivity index (χ3n) is 3.49. The molecule has 0 aromatic carbocycles. The lowest BCUT2D eigenvalue weighted by Crippen LogP contribution is -2.16. The van der Waals surface area contributed by atoms with Crippen molar-refractivity contribution in [2.75, 3.05) is 14.1 Å². The molecule has 0 atom stereocenters. The number of Topliss-reactive ketones (excluding diaryl/α,β-unsaturated/α-hetero) is 1. The summed E-state index contributed by atoms with van der Waals surface area (Å²) in [5.74, 6) is -0.543. The number of allylic oxidation sites excluding steroid dienone is 1. The van der Waals surface area contributed by atoms with E-state index in [1.807, 2.05) is 11.5 Å². The van der Waals surface area contributed by atoms with E-state index in [-0.39, 0.29) is 6.04 Å². The van der Waals surface area contributed by atoms with Gasteiger partial charge in [-0.25, -0.2) is 9.37 Å². The van der Waals surface area contributed by atoms with Gasteiger partial charge >= 0.3 is 0 Å². The first-order valence-corrected chi connectivity index (χ1v) is 6.63. The summed E-state index contributed by atoms with van der Waals surface area (Å²) in [6, 6.07) is 0.286. The summed E-state index contributed by atoms with van der Waals surface area (Å²) >= 11 is 0. The topological polar surface area (TPSA) is 38.1 Å². The van der Waals surface area contributed by atoms with Gasteiger partial charge in [-0.2, -0.15) is 0 Å². The van der Waals surface area contributed by atoms with E-state index in [1.54, 1.807) is 14.1 Å². The smallest absolute Gasteiger partial charge is 0.240 e. The molecule has 1 fully saturated rings. The Kier molecular flexibility index (Phi) is 4.02. The molecule has 1 heterocycles.